The lowest BCUT2D eigenvalue weighted by Crippen LogP contribution is -2.28. The average Bonchev–Trinajstić information content (AvgIpc) is 2.76. The topological polar surface area (TPSA) is 30.9 Å². The van der Waals surface area contributed by atoms with E-state index in [-0.39, 0.29) is 12.4 Å². The minimum absolute atomic E-state index is 0. The van der Waals surface area contributed by atoms with E-state index in [4.69, 9.17) is 14.2 Å². The van der Waals surface area contributed by atoms with Crippen molar-refractivity contribution in [3.8, 4) is 17.2 Å². The molecular weight excluding hydrogens is 398 g/mol. The zero-order chi connectivity index (χ0) is 21.1. The third-order valence-electron chi connectivity index (χ3n) is 5.32. The van der Waals surface area contributed by atoms with Gasteiger partial charge in [-0.25, -0.2) is 0 Å². The third-order valence-corrected chi connectivity index (χ3v) is 5.32. The van der Waals surface area contributed by atoms with Crippen LogP contribution in [0.5, 0.6) is 17.2 Å². The van der Waals surface area contributed by atoms with E-state index < -0.39 is 0 Å². The molecular formula is C25H38ClNO3. The number of benzene rings is 2. The van der Waals surface area contributed by atoms with Crippen LogP contribution in [0.3, 0.4) is 0 Å². The van der Waals surface area contributed by atoms with Crippen molar-refractivity contribution in [2.45, 2.75) is 46.0 Å². The molecule has 0 aliphatic rings. The van der Waals surface area contributed by atoms with Crippen molar-refractivity contribution in [1.29, 1.82) is 0 Å². The Bertz CT molecular complexity index is 745. The van der Waals surface area contributed by atoms with E-state index >= 15 is 0 Å². The maximum atomic E-state index is 5.78. The highest BCUT2D eigenvalue weighted by atomic mass is 35.5. The summed E-state index contributed by atoms with van der Waals surface area (Å²) in [6, 6.07) is 12.5. The number of methoxy groups -OCH3 is 3. The predicted octanol–water partition coefficient (Wildman–Crippen LogP) is 5.58. The first-order chi connectivity index (χ1) is 14.2. The van der Waals surface area contributed by atoms with Gasteiger partial charge in [-0.15, -0.1) is 12.4 Å². The van der Waals surface area contributed by atoms with E-state index in [1.165, 1.54) is 29.5 Å². The summed E-state index contributed by atoms with van der Waals surface area (Å²) in [6.07, 6.45) is 5.24. The Balaban J connectivity index is 0.00000450. The molecule has 0 aliphatic carbocycles. The first-order valence-corrected chi connectivity index (χ1v) is 10.7. The molecule has 0 fully saturated rings. The van der Waals surface area contributed by atoms with Crippen molar-refractivity contribution in [2.24, 2.45) is 0 Å². The van der Waals surface area contributed by atoms with E-state index in [0.717, 1.165) is 56.1 Å². The SMILES string of the molecule is CCCN(CCC)CCc1ccc(OC)c(OC)c1CCc1cccc(OC)c1.Cl. The summed E-state index contributed by atoms with van der Waals surface area (Å²) in [4.78, 5) is 2.56. The second-order valence-corrected chi connectivity index (χ2v) is 7.38. The molecule has 0 amide bonds. The highest BCUT2D eigenvalue weighted by Crippen LogP contribution is 2.35. The van der Waals surface area contributed by atoms with Crippen LogP contribution in [-0.2, 0) is 19.3 Å². The van der Waals surface area contributed by atoms with Crippen LogP contribution < -0.4 is 14.2 Å². The molecule has 0 bridgehead atoms. The van der Waals surface area contributed by atoms with Crippen LogP contribution >= 0.6 is 12.4 Å². The standard InChI is InChI=1S/C25H37NO3.ClH/c1-6-16-26(17-7-2)18-15-21-12-14-24(28-4)25(29-5)23(21)13-11-20-9-8-10-22(19-20)27-3;/h8-10,12,14,19H,6-7,11,13,15-18H2,1-5H3;1H. The molecule has 5 heteroatoms. The number of rotatable bonds is 13. The minimum Gasteiger partial charge on any atom is -0.497 e. The molecule has 0 spiro atoms. The van der Waals surface area contributed by atoms with Gasteiger partial charge in [0.05, 0.1) is 21.3 Å². The summed E-state index contributed by atoms with van der Waals surface area (Å²) in [7, 11) is 5.14. The van der Waals surface area contributed by atoms with Gasteiger partial charge < -0.3 is 19.1 Å². The number of aryl methyl sites for hydroxylation is 1. The molecule has 0 aromatic heterocycles. The highest BCUT2D eigenvalue weighted by molar-refractivity contribution is 5.85. The molecule has 4 nitrogen and oxygen atoms in total. The van der Waals surface area contributed by atoms with Gasteiger partial charge >= 0.3 is 0 Å². The third kappa shape index (κ3) is 7.41. The van der Waals surface area contributed by atoms with Crippen LogP contribution in [0.15, 0.2) is 36.4 Å². The van der Waals surface area contributed by atoms with Crippen molar-refractivity contribution in [2.75, 3.05) is 41.0 Å². The van der Waals surface area contributed by atoms with E-state index in [9.17, 15) is 0 Å². The molecule has 0 N–H and O–H groups in total. The van der Waals surface area contributed by atoms with Gasteiger partial charge in [0.2, 0.25) is 0 Å². The zero-order valence-corrected chi connectivity index (χ0v) is 20.0. The van der Waals surface area contributed by atoms with E-state index in [2.05, 4.69) is 36.9 Å². The number of halogens is 1. The summed E-state index contributed by atoms with van der Waals surface area (Å²) >= 11 is 0. The van der Waals surface area contributed by atoms with Crippen molar-refractivity contribution in [1.82, 2.24) is 4.90 Å². The molecule has 2 aromatic carbocycles. The van der Waals surface area contributed by atoms with Gasteiger partial charge in [0.1, 0.15) is 5.75 Å². The molecule has 2 rings (SSSR count). The molecule has 0 atom stereocenters. The Kier molecular flexibility index (Phi) is 12.3. The predicted molar refractivity (Wildman–Crippen MR) is 128 cm³/mol. The van der Waals surface area contributed by atoms with Gasteiger partial charge in [-0.1, -0.05) is 32.0 Å². The van der Waals surface area contributed by atoms with Crippen molar-refractivity contribution in [3.63, 3.8) is 0 Å². The summed E-state index contributed by atoms with van der Waals surface area (Å²) < 4.78 is 16.7. The van der Waals surface area contributed by atoms with Gasteiger partial charge in [-0.05, 0) is 74.5 Å². The summed E-state index contributed by atoms with van der Waals surface area (Å²) in [5.41, 5.74) is 3.86. The first-order valence-electron chi connectivity index (χ1n) is 10.7. The van der Waals surface area contributed by atoms with E-state index in [0.29, 0.717) is 0 Å². The van der Waals surface area contributed by atoms with E-state index in [1.807, 2.05) is 18.2 Å². The fourth-order valence-corrected chi connectivity index (χ4v) is 3.88. The minimum atomic E-state index is 0. The van der Waals surface area contributed by atoms with Crippen LogP contribution in [-0.4, -0.2) is 45.9 Å². The van der Waals surface area contributed by atoms with Crippen LogP contribution in [0.1, 0.15) is 43.4 Å². The maximum absolute atomic E-state index is 5.78. The Morgan fingerprint density at radius 2 is 1.50 bits per heavy atom. The quantitative estimate of drug-likeness (QED) is 0.410. The van der Waals surface area contributed by atoms with Gasteiger partial charge in [-0.2, -0.15) is 0 Å². The Morgan fingerprint density at radius 1 is 0.767 bits per heavy atom. The normalized spacial score (nSPS) is 10.6. The molecule has 0 radical (unpaired) electrons. The maximum Gasteiger partial charge on any atom is 0.164 e. The molecule has 168 valence electrons. The van der Waals surface area contributed by atoms with Crippen molar-refractivity contribution in [3.05, 3.63) is 53.1 Å². The monoisotopic (exact) mass is 435 g/mol. The van der Waals surface area contributed by atoms with Gasteiger partial charge in [0, 0.05) is 12.1 Å². The molecule has 0 saturated heterocycles. The molecule has 30 heavy (non-hydrogen) atoms. The number of hydrogen-bond acceptors (Lipinski definition) is 4. The Hall–Kier alpha value is -1.91. The Morgan fingerprint density at radius 3 is 2.10 bits per heavy atom. The summed E-state index contributed by atoms with van der Waals surface area (Å²) in [5.74, 6) is 2.57. The fraction of sp³-hybridized carbons (Fsp3) is 0.520. The average molecular weight is 436 g/mol. The van der Waals surface area contributed by atoms with Crippen LogP contribution in [0.2, 0.25) is 0 Å². The summed E-state index contributed by atoms with van der Waals surface area (Å²) in [6.45, 7) is 7.88. The molecule has 0 saturated carbocycles. The Labute approximate surface area is 188 Å². The smallest absolute Gasteiger partial charge is 0.164 e. The van der Waals surface area contributed by atoms with Gasteiger partial charge in [0.25, 0.3) is 0 Å². The van der Waals surface area contributed by atoms with Crippen molar-refractivity contribution >= 4 is 12.4 Å². The first kappa shape index (κ1) is 26.1. The van der Waals surface area contributed by atoms with Crippen molar-refractivity contribution < 1.29 is 14.2 Å². The second kappa shape index (κ2) is 14.2. The van der Waals surface area contributed by atoms with Crippen LogP contribution in [0, 0.1) is 0 Å². The van der Waals surface area contributed by atoms with Crippen LogP contribution in [0.25, 0.3) is 0 Å². The van der Waals surface area contributed by atoms with Crippen LogP contribution in [0.4, 0.5) is 0 Å². The number of hydrogen-bond donors (Lipinski definition) is 0. The zero-order valence-electron chi connectivity index (χ0n) is 19.2. The lowest BCUT2D eigenvalue weighted by molar-refractivity contribution is 0.277. The largest absolute Gasteiger partial charge is 0.497 e. The number of ether oxygens (including phenoxy) is 3. The van der Waals surface area contributed by atoms with Gasteiger partial charge in [0.15, 0.2) is 11.5 Å². The number of nitrogens with zero attached hydrogens (tertiary/aromatic N) is 1. The lowest BCUT2D eigenvalue weighted by Gasteiger charge is -2.23. The van der Waals surface area contributed by atoms with E-state index in [1.54, 1.807) is 21.3 Å². The molecule has 2 aromatic rings. The summed E-state index contributed by atoms with van der Waals surface area (Å²) in [5, 5.41) is 0. The molecule has 0 aliphatic heterocycles. The lowest BCUT2D eigenvalue weighted by atomic mass is 9.96. The molecule has 0 unspecified atom stereocenters. The van der Waals surface area contributed by atoms with Gasteiger partial charge in [-0.3, -0.25) is 0 Å². The fourth-order valence-electron chi connectivity index (χ4n) is 3.88. The molecule has 0 heterocycles. The second-order valence-electron chi connectivity index (χ2n) is 7.38. The highest BCUT2D eigenvalue weighted by Gasteiger charge is 2.16.